The first-order valence-corrected chi connectivity index (χ1v) is 14.6. The van der Waals surface area contributed by atoms with Crippen molar-refractivity contribution in [3.8, 4) is 39.9 Å². The lowest BCUT2D eigenvalue weighted by atomic mass is 9.99. The second kappa shape index (κ2) is 9.75. The molecule has 6 aromatic carbocycles. The number of furan rings is 1. The van der Waals surface area contributed by atoms with Crippen molar-refractivity contribution in [2.45, 2.75) is 0 Å². The molecule has 0 spiro atoms. The minimum atomic E-state index is 0.565. The van der Waals surface area contributed by atoms with Crippen LogP contribution < -0.4 is 0 Å². The third kappa shape index (κ3) is 3.76. The van der Waals surface area contributed by atoms with E-state index in [1.807, 2.05) is 66.7 Å². The van der Waals surface area contributed by atoms with E-state index in [9.17, 15) is 0 Å². The van der Waals surface area contributed by atoms with Gasteiger partial charge >= 0.3 is 0 Å². The molecule has 3 aromatic heterocycles. The molecule has 9 aromatic rings. The summed E-state index contributed by atoms with van der Waals surface area (Å²) in [6.45, 7) is 0. The van der Waals surface area contributed by atoms with Crippen molar-refractivity contribution in [3.05, 3.63) is 146 Å². The van der Waals surface area contributed by atoms with Crippen LogP contribution in [0.25, 0.3) is 83.6 Å². The molecule has 0 unspecified atom stereocenters. The number of aromatic nitrogens is 4. The summed E-state index contributed by atoms with van der Waals surface area (Å²) in [5, 5.41) is 4.34. The number of benzene rings is 6. The average Bonchev–Trinajstić information content (AvgIpc) is 3.65. The zero-order chi connectivity index (χ0) is 29.0. The van der Waals surface area contributed by atoms with Crippen molar-refractivity contribution in [1.29, 1.82) is 0 Å². The Hall–Kier alpha value is -6.07. The molecule has 0 N–H and O–H groups in total. The summed E-state index contributed by atoms with van der Waals surface area (Å²) in [7, 11) is 0. The zero-order valence-corrected chi connectivity index (χ0v) is 23.6. The summed E-state index contributed by atoms with van der Waals surface area (Å²) >= 11 is 0. The largest absolute Gasteiger partial charge is 0.456 e. The van der Waals surface area contributed by atoms with Crippen LogP contribution in [0.2, 0.25) is 0 Å². The van der Waals surface area contributed by atoms with Crippen molar-refractivity contribution >= 4 is 43.7 Å². The van der Waals surface area contributed by atoms with Gasteiger partial charge in [0.25, 0.3) is 0 Å². The molecule has 0 aliphatic heterocycles. The molecule has 0 aliphatic carbocycles. The van der Waals surface area contributed by atoms with Gasteiger partial charge in [-0.2, -0.15) is 9.97 Å². The highest BCUT2D eigenvalue weighted by molar-refractivity contribution is 6.16. The van der Waals surface area contributed by atoms with Crippen LogP contribution in [0.5, 0.6) is 0 Å². The van der Waals surface area contributed by atoms with E-state index in [0.29, 0.717) is 17.6 Å². The van der Waals surface area contributed by atoms with E-state index in [0.717, 1.165) is 49.5 Å². The third-order valence-corrected chi connectivity index (χ3v) is 8.28. The summed E-state index contributed by atoms with van der Waals surface area (Å²) in [5.74, 6) is 1.77. The van der Waals surface area contributed by atoms with Gasteiger partial charge in [-0.1, -0.05) is 121 Å². The van der Waals surface area contributed by atoms with E-state index in [1.54, 1.807) is 0 Å². The van der Waals surface area contributed by atoms with Gasteiger partial charge in [0.2, 0.25) is 5.95 Å². The Bertz CT molecular complexity index is 2490. The number of fused-ring (bicyclic) bond motifs is 6. The van der Waals surface area contributed by atoms with Gasteiger partial charge in [0.1, 0.15) is 11.2 Å². The van der Waals surface area contributed by atoms with Crippen molar-refractivity contribution in [2.24, 2.45) is 0 Å². The topological polar surface area (TPSA) is 56.7 Å². The number of rotatable bonds is 4. The summed E-state index contributed by atoms with van der Waals surface area (Å²) in [4.78, 5) is 15.4. The first kappa shape index (κ1) is 24.5. The lowest BCUT2D eigenvalue weighted by Crippen LogP contribution is -2.06. The second-order valence-electron chi connectivity index (χ2n) is 10.8. The molecule has 0 aliphatic rings. The van der Waals surface area contributed by atoms with Crippen LogP contribution in [0.4, 0.5) is 0 Å². The molecule has 0 saturated heterocycles. The maximum absolute atomic E-state index is 6.23. The van der Waals surface area contributed by atoms with Gasteiger partial charge in [0, 0.05) is 32.7 Å². The van der Waals surface area contributed by atoms with Crippen LogP contribution in [0.1, 0.15) is 0 Å². The minimum Gasteiger partial charge on any atom is -0.456 e. The first-order valence-electron chi connectivity index (χ1n) is 14.6. The Morgan fingerprint density at radius 1 is 0.409 bits per heavy atom. The molecule has 5 heteroatoms. The number of nitrogens with zero attached hydrogens (tertiary/aromatic N) is 4. The lowest BCUT2D eigenvalue weighted by molar-refractivity contribution is 0.669. The van der Waals surface area contributed by atoms with E-state index >= 15 is 0 Å². The quantitative estimate of drug-likeness (QED) is 0.213. The molecule has 0 bridgehead atoms. The highest BCUT2D eigenvalue weighted by atomic mass is 16.3. The number of hydrogen-bond acceptors (Lipinski definition) is 4. The van der Waals surface area contributed by atoms with Gasteiger partial charge in [0.05, 0.1) is 11.0 Å². The Morgan fingerprint density at radius 3 is 1.86 bits per heavy atom. The predicted molar refractivity (Wildman–Crippen MR) is 178 cm³/mol. The molecule has 206 valence electrons. The SMILES string of the molecule is c1ccc(-c2nc(-c3cccc4oc5ccccc5c34)nc(-n3c4ccccc4c4c(-c5ccccc5)cccc43)n2)cc1. The molecule has 0 amide bonds. The minimum absolute atomic E-state index is 0.565. The summed E-state index contributed by atoms with van der Waals surface area (Å²) in [6.07, 6.45) is 0. The van der Waals surface area contributed by atoms with Crippen LogP contribution in [0.15, 0.2) is 150 Å². The van der Waals surface area contributed by atoms with Crippen molar-refractivity contribution in [1.82, 2.24) is 19.5 Å². The van der Waals surface area contributed by atoms with Gasteiger partial charge in [-0.25, -0.2) is 4.98 Å². The normalized spacial score (nSPS) is 11.6. The molecular weight excluding hydrogens is 540 g/mol. The Morgan fingerprint density at radius 2 is 1.02 bits per heavy atom. The fourth-order valence-electron chi connectivity index (χ4n) is 6.36. The lowest BCUT2D eigenvalue weighted by Gasteiger charge is -2.11. The van der Waals surface area contributed by atoms with E-state index in [4.69, 9.17) is 19.4 Å². The van der Waals surface area contributed by atoms with Gasteiger partial charge < -0.3 is 4.42 Å². The van der Waals surface area contributed by atoms with Crippen molar-refractivity contribution in [3.63, 3.8) is 0 Å². The van der Waals surface area contributed by atoms with E-state index in [2.05, 4.69) is 83.4 Å². The molecule has 9 rings (SSSR count). The molecule has 5 nitrogen and oxygen atoms in total. The Labute approximate surface area is 252 Å². The fraction of sp³-hybridized carbons (Fsp3) is 0. The molecule has 0 atom stereocenters. The second-order valence-corrected chi connectivity index (χ2v) is 10.8. The molecule has 0 fully saturated rings. The number of para-hydroxylation sites is 2. The standard InChI is InChI=1S/C39H24N4O/c1-3-13-25(14-4-1)27-19-11-22-32-35(27)28-17-7-9-21-31(28)43(32)39-41-37(26-15-5-2-6-16-26)40-38(42-39)30-20-12-24-34-36(30)29-18-8-10-23-33(29)44-34/h1-24H. The van der Waals surface area contributed by atoms with Gasteiger partial charge in [-0.05, 0) is 35.4 Å². The first-order chi connectivity index (χ1) is 21.8. The highest BCUT2D eigenvalue weighted by Gasteiger charge is 2.21. The van der Waals surface area contributed by atoms with Crippen LogP contribution in [0.3, 0.4) is 0 Å². The monoisotopic (exact) mass is 564 g/mol. The molecular formula is C39H24N4O. The fourth-order valence-corrected chi connectivity index (χ4v) is 6.36. The van der Waals surface area contributed by atoms with Crippen LogP contribution >= 0.6 is 0 Å². The van der Waals surface area contributed by atoms with E-state index in [1.165, 1.54) is 16.5 Å². The van der Waals surface area contributed by atoms with Crippen molar-refractivity contribution < 1.29 is 4.42 Å². The smallest absolute Gasteiger partial charge is 0.238 e. The maximum atomic E-state index is 6.23. The molecule has 0 radical (unpaired) electrons. The maximum Gasteiger partial charge on any atom is 0.238 e. The van der Waals surface area contributed by atoms with Crippen molar-refractivity contribution in [2.75, 3.05) is 0 Å². The van der Waals surface area contributed by atoms with Crippen LogP contribution in [0, 0.1) is 0 Å². The Balaban J connectivity index is 1.38. The zero-order valence-electron chi connectivity index (χ0n) is 23.6. The molecule has 44 heavy (non-hydrogen) atoms. The Kier molecular flexibility index (Phi) is 5.43. The van der Waals surface area contributed by atoms with Crippen LogP contribution in [-0.2, 0) is 0 Å². The summed E-state index contributed by atoms with van der Waals surface area (Å²) in [6, 6.07) is 49.7. The summed E-state index contributed by atoms with van der Waals surface area (Å²) < 4.78 is 8.40. The van der Waals surface area contributed by atoms with E-state index < -0.39 is 0 Å². The highest BCUT2D eigenvalue weighted by Crippen LogP contribution is 2.39. The van der Waals surface area contributed by atoms with Gasteiger partial charge in [0.15, 0.2) is 11.6 Å². The van der Waals surface area contributed by atoms with E-state index in [-0.39, 0.29) is 0 Å². The van der Waals surface area contributed by atoms with Crippen LogP contribution in [-0.4, -0.2) is 19.5 Å². The molecule has 3 heterocycles. The van der Waals surface area contributed by atoms with Gasteiger partial charge in [-0.3, -0.25) is 4.57 Å². The number of hydrogen-bond donors (Lipinski definition) is 0. The summed E-state index contributed by atoms with van der Waals surface area (Å²) in [5.41, 5.74) is 7.88. The third-order valence-electron chi connectivity index (χ3n) is 8.28. The predicted octanol–water partition coefficient (Wildman–Crippen LogP) is 9.87. The molecule has 0 saturated carbocycles. The van der Waals surface area contributed by atoms with Gasteiger partial charge in [-0.15, -0.1) is 0 Å². The average molecular weight is 565 g/mol.